The first-order valence-corrected chi connectivity index (χ1v) is 8.07. The SMILES string of the molecule is O=[N+]([O-])c1cccc(/C=C/c2nn3c(-c4ccncc4)nnc3s2)c1. The highest BCUT2D eigenvalue weighted by molar-refractivity contribution is 7.17. The molecule has 3 heterocycles. The average Bonchev–Trinajstić information content (AvgIpc) is 3.21. The molecule has 0 unspecified atom stereocenters. The summed E-state index contributed by atoms with van der Waals surface area (Å²) in [5.74, 6) is 0.642. The summed E-state index contributed by atoms with van der Waals surface area (Å²) in [6.45, 7) is 0. The van der Waals surface area contributed by atoms with Gasteiger partial charge in [-0.2, -0.15) is 9.61 Å². The third kappa shape index (κ3) is 3.00. The molecule has 0 bridgehead atoms. The summed E-state index contributed by atoms with van der Waals surface area (Å²) in [5, 5.41) is 24.3. The van der Waals surface area contributed by atoms with Crippen molar-refractivity contribution in [3.63, 3.8) is 0 Å². The Morgan fingerprint density at radius 1 is 1.12 bits per heavy atom. The largest absolute Gasteiger partial charge is 0.270 e. The number of hydrogen-bond donors (Lipinski definition) is 0. The Balaban J connectivity index is 1.66. The molecule has 8 nitrogen and oxygen atoms in total. The van der Waals surface area contributed by atoms with Gasteiger partial charge >= 0.3 is 0 Å². The van der Waals surface area contributed by atoms with Gasteiger partial charge < -0.3 is 0 Å². The fraction of sp³-hybridized carbons (Fsp3) is 0. The second-order valence-corrected chi connectivity index (χ2v) is 6.07. The zero-order chi connectivity index (χ0) is 17.2. The van der Waals surface area contributed by atoms with Crippen molar-refractivity contribution in [2.75, 3.05) is 0 Å². The Bertz CT molecular complexity index is 1090. The highest BCUT2D eigenvalue weighted by Gasteiger charge is 2.12. The Hall–Kier alpha value is -3.46. The van der Waals surface area contributed by atoms with Gasteiger partial charge in [-0.15, -0.1) is 10.2 Å². The number of fused-ring (bicyclic) bond motifs is 1. The molecule has 0 amide bonds. The van der Waals surface area contributed by atoms with E-state index in [1.54, 1.807) is 41.2 Å². The molecule has 0 N–H and O–H groups in total. The average molecular weight is 350 g/mol. The monoisotopic (exact) mass is 350 g/mol. The third-order valence-corrected chi connectivity index (χ3v) is 4.31. The lowest BCUT2D eigenvalue weighted by atomic mass is 10.2. The normalized spacial score (nSPS) is 11.4. The van der Waals surface area contributed by atoms with Crippen LogP contribution in [0.15, 0.2) is 48.8 Å². The van der Waals surface area contributed by atoms with E-state index in [9.17, 15) is 10.1 Å². The van der Waals surface area contributed by atoms with Gasteiger partial charge in [0.1, 0.15) is 5.01 Å². The minimum absolute atomic E-state index is 0.0558. The van der Waals surface area contributed by atoms with Crippen molar-refractivity contribution in [1.82, 2.24) is 24.8 Å². The van der Waals surface area contributed by atoms with Gasteiger partial charge in [0.25, 0.3) is 5.69 Å². The van der Waals surface area contributed by atoms with Crippen LogP contribution in [-0.2, 0) is 0 Å². The zero-order valence-electron chi connectivity index (χ0n) is 12.7. The van der Waals surface area contributed by atoms with E-state index in [-0.39, 0.29) is 5.69 Å². The lowest BCUT2D eigenvalue weighted by Gasteiger charge is -1.94. The highest BCUT2D eigenvalue weighted by atomic mass is 32.1. The molecule has 0 saturated heterocycles. The molecule has 25 heavy (non-hydrogen) atoms. The van der Waals surface area contributed by atoms with Gasteiger partial charge in [-0.3, -0.25) is 15.1 Å². The number of hydrogen-bond acceptors (Lipinski definition) is 7. The number of aromatic nitrogens is 5. The van der Waals surface area contributed by atoms with Crippen molar-refractivity contribution in [1.29, 1.82) is 0 Å². The highest BCUT2D eigenvalue weighted by Crippen LogP contribution is 2.22. The molecule has 0 fully saturated rings. The van der Waals surface area contributed by atoms with Crippen LogP contribution in [0.5, 0.6) is 0 Å². The van der Waals surface area contributed by atoms with Crippen molar-refractivity contribution in [3.05, 3.63) is 69.5 Å². The number of nitrogens with zero attached hydrogens (tertiary/aromatic N) is 6. The Morgan fingerprint density at radius 2 is 1.96 bits per heavy atom. The maximum atomic E-state index is 10.8. The van der Waals surface area contributed by atoms with Gasteiger partial charge in [0.2, 0.25) is 4.96 Å². The van der Waals surface area contributed by atoms with Crippen LogP contribution in [0.2, 0.25) is 0 Å². The number of nitro benzene ring substituents is 1. The molecule has 0 atom stereocenters. The molecule has 4 rings (SSSR count). The Morgan fingerprint density at radius 3 is 2.76 bits per heavy atom. The van der Waals surface area contributed by atoms with E-state index < -0.39 is 4.92 Å². The van der Waals surface area contributed by atoms with Crippen LogP contribution in [0.3, 0.4) is 0 Å². The van der Waals surface area contributed by atoms with E-state index >= 15 is 0 Å². The van der Waals surface area contributed by atoms with E-state index in [2.05, 4.69) is 20.3 Å². The van der Waals surface area contributed by atoms with Crippen LogP contribution < -0.4 is 0 Å². The Labute approximate surface area is 145 Å². The Kier molecular flexibility index (Phi) is 3.75. The maximum Gasteiger partial charge on any atom is 0.270 e. The van der Waals surface area contributed by atoms with Crippen molar-refractivity contribution in [2.45, 2.75) is 0 Å². The number of non-ortho nitro benzene ring substituents is 1. The first-order valence-electron chi connectivity index (χ1n) is 7.26. The lowest BCUT2D eigenvalue weighted by molar-refractivity contribution is -0.384. The summed E-state index contributed by atoms with van der Waals surface area (Å²) in [6.07, 6.45) is 6.96. The van der Waals surface area contributed by atoms with E-state index in [4.69, 9.17) is 0 Å². The minimum Gasteiger partial charge on any atom is -0.265 e. The molecule has 122 valence electrons. The topological polar surface area (TPSA) is 99.1 Å². The fourth-order valence-electron chi connectivity index (χ4n) is 2.29. The molecule has 0 aliphatic rings. The predicted octanol–water partition coefficient (Wildman–Crippen LogP) is 3.33. The van der Waals surface area contributed by atoms with Gasteiger partial charge in [0.15, 0.2) is 5.82 Å². The summed E-state index contributed by atoms with van der Waals surface area (Å²) in [7, 11) is 0. The molecule has 0 aliphatic heterocycles. The molecule has 3 aromatic heterocycles. The van der Waals surface area contributed by atoms with Crippen LogP contribution in [0, 0.1) is 10.1 Å². The molecule has 9 heteroatoms. The minimum atomic E-state index is -0.415. The molecular formula is C16H10N6O2S. The number of nitro groups is 1. The van der Waals surface area contributed by atoms with Gasteiger partial charge in [0.05, 0.1) is 4.92 Å². The third-order valence-electron chi connectivity index (χ3n) is 3.44. The van der Waals surface area contributed by atoms with Gasteiger partial charge in [-0.05, 0) is 23.8 Å². The van der Waals surface area contributed by atoms with Crippen LogP contribution in [0.1, 0.15) is 10.6 Å². The van der Waals surface area contributed by atoms with Gasteiger partial charge in [-0.1, -0.05) is 29.5 Å². The number of pyridine rings is 1. The summed E-state index contributed by atoms with van der Waals surface area (Å²) >= 11 is 1.38. The van der Waals surface area contributed by atoms with E-state index in [0.717, 1.165) is 16.1 Å². The molecule has 4 aromatic rings. The van der Waals surface area contributed by atoms with Crippen molar-refractivity contribution in [2.24, 2.45) is 0 Å². The first-order chi connectivity index (χ1) is 12.2. The predicted molar refractivity (Wildman–Crippen MR) is 93.9 cm³/mol. The van der Waals surface area contributed by atoms with Crippen LogP contribution in [0.25, 0.3) is 28.5 Å². The maximum absolute atomic E-state index is 10.8. The van der Waals surface area contributed by atoms with Crippen molar-refractivity contribution in [3.8, 4) is 11.4 Å². The molecule has 0 saturated carbocycles. The first kappa shape index (κ1) is 15.1. The standard InChI is InChI=1S/C16H10N6O2S/c23-22(24)13-3-1-2-11(10-13)4-5-14-20-21-15(18-19-16(21)25-14)12-6-8-17-9-7-12/h1-10H/b5-4+. The second-order valence-electron chi connectivity index (χ2n) is 5.08. The number of rotatable bonds is 4. The van der Waals surface area contributed by atoms with Crippen molar-refractivity contribution < 1.29 is 4.92 Å². The van der Waals surface area contributed by atoms with E-state index in [0.29, 0.717) is 10.8 Å². The summed E-state index contributed by atoms with van der Waals surface area (Å²) in [6, 6.07) is 10.1. The second kappa shape index (κ2) is 6.21. The van der Waals surface area contributed by atoms with Gasteiger partial charge in [-0.25, -0.2) is 0 Å². The molecular weight excluding hydrogens is 340 g/mol. The lowest BCUT2D eigenvalue weighted by Crippen LogP contribution is -1.90. The van der Waals surface area contributed by atoms with Crippen LogP contribution in [0.4, 0.5) is 5.69 Å². The smallest absolute Gasteiger partial charge is 0.265 e. The van der Waals surface area contributed by atoms with Crippen LogP contribution >= 0.6 is 11.3 Å². The zero-order valence-corrected chi connectivity index (χ0v) is 13.5. The fourth-order valence-corrected chi connectivity index (χ4v) is 3.03. The molecule has 0 aliphatic carbocycles. The van der Waals surface area contributed by atoms with Crippen LogP contribution in [-0.4, -0.2) is 29.7 Å². The van der Waals surface area contributed by atoms with E-state index in [1.165, 1.54) is 23.5 Å². The number of benzene rings is 1. The molecule has 1 aromatic carbocycles. The summed E-state index contributed by atoms with van der Waals surface area (Å²) in [4.78, 5) is 15.1. The summed E-state index contributed by atoms with van der Waals surface area (Å²) in [5.41, 5.74) is 1.66. The molecule has 0 radical (unpaired) electrons. The van der Waals surface area contributed by atoms with Crippen molar-refractivity contribution >= 4 is 34.1 Å². The van der Waals surface area contributed by atoms with Gasteiger partial charge in [0, 0.05) is 30.1 Å². The van der Waals surface area contributed by atoms with E-state index in [1.807, 2.05) is 12.1 Å². The molecule has 0 spiro atoms. The quantitative estimate of drug-likeness (QED) is 0.413. The summed E-state index contributed by atoms with van der Waals surface area (Å²) < 4.78 is 1.67.